The molecule has 0 unspecified atom stereocenters. The van der Waals surface area contributed by atoms with E-state index < -0.39 is 5.60 Å². The van der Waals surface area contributed by atoms with Gasteiger partial charge in [-0.05, 0) is 67.6 Å². The van der Waals surface area contributed by atoms with Gasteiger partial charge in [0.15, 0.2) is 0 Å². The predicted molar refractivity (Wildman–Crippen MR) is 112 cm³/mol. The van der Waals surface area contributed by atoms with Gasteiger partial charge in [0.25, 0.3) is 0 Å². The van der Waals surface area contributed by atoms with Crippen molar-refractivity contribution in [3.05, 3.63) is 40.8 Å². The van der Waals surface area contributed by atoms with Gasteiger partial charge < -0.3 is 19.4 Å². The number of aliphatic hydroxyl groups is 2. The minimum Gasteiger partial charge on any atom is -0.493 e. The number of hydrogen-bond donors (Lipinski definition) is 2. The van der Waals surface area contributed by atoms with Crippen LogP contribution in [0.1, 0.15) is 53.4 Å². The molecule has 0 saturated heterocycles. The van der Waals surface area contributed by atoms with Gasteiger partial charge in [-0.3, -0.25) is 0 Å². The van der Waals surface area contributed by atoms with Crippen molar-refractivity contribution in [3.63, 3.8) is 0 Å². The fourth-order valence-electron chi connectivity index (χ4n) is 6.20. The van der Waals surface area contributed by atoms with Crippen molar-refractivity contribution >= 4 is 11.0 Å². The Bertz CT molecular complexity index is 959. The average molecular weight is 401 g/mol. The number of aliphatic hydroxyl groups excluding tert-OH is 1. The number of benzene rings is 1. The second kappa shape index (κ2) is 6.85. The van der Waals surface area contributed by atoms with Crippen LogP contribution in [0.3, 0.4) is 0 Å². The van der Waals surface area contributed by atoms with Crippen molar-refractivity contribution < 1.29 is 19.4 Å². The van der Waals surface area contributed by atoms with Gasteiger partial charge >= 0.3 is 5.63 Å². The van der Waals surface area contributed by atoms with Crippen LogP contribution in [0.4, 0.5) is 0 Å². The van der Waals surface area contributed by atoms with Gasteiger partial charge in [-0.2, -0.15) is 0 Å². The van der Waals surface area contributed by atoms with E-state index in [0.29, 0.717) is 30.3 Å². The molecule has 5 heteroatoms. The van der Waals surface area contributed by atoms with Gasteiger partial charge in [-0.25, -0.2) is 4.79 Å². The van der Waals surface area contributed by atoms with Crippen LogP contribution in [0.2, 0.25) is 0 Å². The SMILES string of the molecule is CC1(C)[C@H](O)CC[C@]2(C)[C@@H]1CC[C@](C)(O)[C@H]2COc1ccc2ccc(=O)oc2c1. The highest BCUT2D eigenvalue weighted by Crippen LogP contribution is 2.61. The fraction of sp³-hybridized carbons (Fsp3) is 0.625. The molecule has 0 amide bonds. The zero-order valence-corrected chi connectivity index (χ0v) is 17.8. The van der Waals surface area contributed by atoms with E-state index in [-0.39, 0.29) is 28.5 Å². The number of fused-ring (bicyclic) bond motifs is 2. The lowest BCUT2D eigenvalue weighted by atomic mass is 9.45. The van der Waals surface area contributed by atoms with Crippen LogP contribution in [0.5, 0.6) is 5.75 Å². The molecular weight excluding hydrogens is 368 g/mol. The Hall–Kier alpha value is -1.85. The molecule has 0 bridgehead atoms. The molecule has 2 fully saturated rings. The smallest absolute Gasteiger partial charge is 0.336 e. The summed E-state index contributed by atoms with van der Waals surface area (Å²) in [6, 6.07) is 8.62. The van der Waals surface area contributed by atoms with Crippen LogP contribution in [-0.4, -0.2) is 28.5 Å². The standard InChI is InChI=1S/C24H32O5/c1-22(2)18-9-12-24(4,27)19(23(18,3)11-10-20(22)25)14-28-16-7-5-15-6-8-21(26)29-17(15)13-16/h5-8,13,18-20,25,27H,9-12,14H2,1-4H3/t18-,19+,20-,23-,24+/m1/s1. The Morgan fingerprint density at radius 1 is 1.10 bits per heavy atom. The summed E-state index contributed by atoms with van der Waals surface area (Å²) in [6.45, 7) is 8.87. The van der Waals surface area contributed by atoms with Gasteiger partial charge in [0.05, 0.1) is 18.3 Å². The van der Waals surface area contributed by atoms with E-state index >= 15 is 0 Å². The molecule has 2 aliphatic rings. The van der Waals surface area contributed by atoms with Gasteiger partial charge in [0.1, 0.15) is 11.3 Å². The summed E-state index contributed by atoms with van der Waals surface area (Å²) in [5.74, 6) is 0.893. The summed E-state index contributed by atoms with van der Waals surface area (Å²) in [6.07, 6.45) is 2.91. The van der Waals surface area contributed by atoms with Gasteiger partial charge in [0, 0.05) is 23.4 Å². The molecule has 1 aromatic carbocycles. The summed E-state index contributed by atoms with van der Waals surface area (Å²) in [5.41, 5.74) is -1.02. The molecule has 0 aliphatic heterocycles. The van der Waals surface area contributed by atoms with E-state index in [2.05, 4.69) is 20.8 Å². The summed E-state index contributed by atoms with van der Waals surface area (Å²) in [4.78, 5) is 11.5. The molecule has 2 saturated carbocycles. The third-order valence-electron chi connectivity index (χ3n) is 8.01. The van der Waals surface area contributed by atoms with E-state index in [1.807, 2.05) is 19.1 Å². The lowest BCUT2D eigenvalue weighted by Gasteiger charge is -2.62. The molecule has 1 heterocycles. The topological polar surface area (TPSA) is 79.9 Å². The molecule has 2 N–H and O–H groups in total. The second-order valence-electron chi connectivity index (χ2n) is 10.1. The van der Waals surface area contributed by atoms with Crippen molar-refractivity contribution in [2.45, 2.75) is 65.1 Å². The van der Waals surface area contributed by atoms with E-state index in [0.717, 1.165) is 24.6 Å². The molecule has 5 atom stereocenters. The maximum atomic E-state index is 11.5. The van der Waals surface area contributed by atoms with Crippen LogP contribution in [0, 0.1) is 22.7 Å². The zero-order valence-electron chi connectivity index (χ0n) is 17.8. The first-order chi connectivity index (χ1) is 13.5. The van der Waals surface area contributed by atoms with Crippen LogP contribution in [0.15, 0.2) is 39.5 Å². The largest absolute Gasteiger partial charge is 0.493 e. The second-order valence-corrected chi connectivity index (χ2v) is 10.1. The van der Waals surface area contributed by atoms with Crippen LogP contribution in [0.25, 0.3) is 11.0 Å². The molecule has 4 rings (SSSR count). The Morgan fingerprint density at radius 3 is 2.59 bits per heavy atom. The summed E-state index contributed by atoms with van der Waals surface area (Å²) < 4.78 is 11.4. The minimum absolute atomic E-state index is 0.0565. The van der Waals surface area contributed by atoms with E-state index in [9.17, 15) is 15.0 Å². The Kier molecular flexibility index (Phi) is 4.82. The summed E-state index contributed by atoms with van der Waals surface area (Å²) in [7, 11) is 0. The number of hydrogen-bond acceptors (Lipinski definition) is 5. The van der Waals surface area contributed by atoms with Crippen molar-refractivity contribution in [1.82, 2.24) is 0 Å². The predicted octanol–water partition coefficient (Wildman–Crippen LogP) is 4.14. The normalized spacial score (nSPS) is 36.6. The molecule has 1 aromatic heterocycles. The fourth-order valence-corrected chi connectivity index (χ4v) is 6.20. The summed E-state index contributed by atoms with van der Waals surface area (Å²) >= 11 is 0. The Morgan fingerprint density at radius 2 is 1.83 bits per heavy atom. The average Bonchev–Trinajstić information content (AvgIpc) is 2.64. The van der Waals surface area contributed by atoms with Gasteiger partial charge in [-0.1, -0.05) is 20.8 Å². The quantitative estimate of drug-likeness (QED) is 0.757. The van der Waals surface area contributed by atoms with Gasteiger partial charge in [-0.15, -0.1) is 0 Å². The van der Waals surface area contributed by atoms with Crippen molar-refractivity contribution in [2.75, 3.05) is 6.61 Å². The molecule has 2 aromatic rings. The Labute approximate surface area is 171 Å². The van der Waals surface area contributed by atoms with Gasteiger partial charge in [0.2, 0.25) is 0 Å². The first-order valence-electron chi connectivity index (χ1n) is 10.6. The highest BCUT2D eigenvalue weighted by atomic mass is 16.5. The maximum absolute atomic E-state index is 11.5. The third kappa shape index (κ3) is 3.38. The van der Waals surface area contributed by atoms with Crippen molar-refractivity contribution in [1.29, 1.82) is 0 Å². The van der Waals surface area contributed by atoms with E-state index in [4.69, 9.17) is 9.15 Å². The minimum atomic E-state index is -0.826. The van der Waals surface area contributed by atoms with Crippen molar-refractivity contribution in [3.8, 4) is 5.75 Å². The van der Waals surface area contributed by atoms with E-state index in [1.54, 1.807) is 12.1 Å². The molecule has 2 aliphatic carbocycles. The Balaban J connectivity index is 1.61. The van der Waals surface area contributed by atoms with Crippen LogP contribution < -0.4 is 10.4 Å². The third-order valence-corrected chi connectivity index (χ3v) is 8.01. The molecule has 0 spiro atoms. The molecular formula is C24H32O5. The van der Waals surface area contributed by atoms with Crippen LogP contribution in [-0.2, 0) is 0 Å². The molecule has 29 heavy (non-hydrogen) atoms. The van der Waals surface area contributed by atoms with E-state index in [1.165, 1.54) is 6.07 Å². The maximum Gasteiger partial charge on any atom is 0.336 e. The monoisotopic (exact) mass is 400 g/mol. The lowest BCUT2D eigenvalue weighted by Crippen LogP contribution is -2.61. The molecule has 158 valence electrons. The first-order valence-corrected chi connectivity index (χ1v) is 10.6. The molecule has 5 nitrogen and oxygen atoms in total. The zero-order chi connectivity index (χ0) is 21.0. The number of ether oxygens (including phenoxy) is 1. The molecule has 0 radical (unpaired) electrons. The number of rotatable bonds is 3. The first kappa shape index (κ1) is 20.4. The van der Waals surface area contributed by atoms with Crippen molar-refractivity contribution in [2.24, 2.45) is 22.7 Å². The van der Waals surface area contributed by atoms with Crippen LogP contribution >= 0.6 is 0 Å². The summed E-state index contributed by atoms with van der Waals surface area (Å²) in [5, 5.41) is 22.7. The lowest BCUT2D eigenvalue weighted by molar-refractivity contribution is -0.201. The highest BCUT2D eigenvalue weighted by molar-refractivity contribution is 5.77. The highest BCUT2D eigenvalue weighted by Gasteiger charge is 2.60.